The van der Waals surface area contributed by atoms with Crippen molar-refractivity contribution in [1.29, 1.82) is 0 Å². The predicted molar refractivity (Wildman–Crippen MR) is 156 cm³/mol. The van der Waals surface area contributed by atoms with Crippen molar-refractivity contribution < 1.29 is 33.9 Å². The van der Waals surface area contributed by atoms with Crippen molar-refractivity contribution >= 4 is 41.5 Å². The number of amides is 5. The lowest BCUT2D eigenvalue weighted by Crippen LogP contribution is -2.58. The number of aliphatic imine (C=N–C) groups is 1. The molecule has 1 heterocycles. The molecule has 16 heteroatoms. The van der Waals surface area contributed by atoms with Crippen molar-refractivity contribution in [2.45, 2.75) is 69.1 Å². The Morgan fingerprint density at radius 3 is 2.00 bits per heavy atom. The van der Waals surface area contributed by atoms with E-state index in [1.807, 2.05) is 0 Å². The molecule has 16 nitrogen and oxygen atoms in total. The summed E-state index contributed by atoms with van der Waals surface area (Å²) in [6.07, 6.45) is 0.854. The molecule has 5 amide bonds. The zero-order valence-corrected chi connectivity index (χ0v) is 23.8. The lowest BCUT2D eigenvalue weighted by Gasteiger charge is -2.26. The Labute approximate surface area is 249 Å². The fourth-order valence-electron chi connectivity index (χ4n) is 4.33. The SMILES string of the molecule is NCCCCC1NC(=O)[C@@H](Cc2ccccc2)NC(=O)[C@H](CC(=O)O)NC(=O)CNC(=O)C(CCCN=C(N)N)NC1=O. The first-order chi connectivity index (χ1) is 20.5. The van der Waals surface area contributed by atoms with E-state index in [2.05, 4.69) is 31.6 Å². The summed E-state index contributed by atoms with van der Waals surface area (Å²) < 4.78 is 0. The van der Waals surface area contributed by atoms with Crippen LogP contribution in [0.3, 0.4) is 0 Å². The smallest absolute Gasteiger partial charge is 0.305 e. The van der Waals surface area contributed by atoms with Crippen LogP contribution in [0.25, 0.3) is 0 Å². The molecular formula is C27H41N9O7. The molecule has 1 aromatic rings. The van der Waals surface area contributed by atoms with E-state index in [0.29, 0.717) is 31.4 Å². The number of unbranched alkanes of at least 4 members (excludes halogenated alkanes) is 1. The molecule has 0 aliphatic carbocycles. The van der Waals surface area contributed by atoms with Gasteiger partial charge >= 0.3 is 5.97 Å². The van der Waals surface area contributed by atoms with Gasteiger partial charge < -0.3 is 48.9 Å². The number of carbonyl (C=O) groups excluding carboxylic acids is 5. The molecule has 1 aromatic carbocycles. The van der Waals surface area contributed by atoms with Crippen LogP contribution in [-0.2, 0) is 35.2 Å². The number of nitrogens with zero attached hydrogens (tertiary/aromatic N) is 1. The third-order valence-corrected chi connectivity index (χ3v) is 6.53. The fraction of sp³-hybridized carbons (Fsp3) is 0.519. The molecule has 0 aromatic heterocycles. The Balaban J connectivity index is 2.44. The molecule has 1 aliphatic rings. The van der Waals surface area contributed by atoms with E-state index in [-0.39, 0.29) is 31.8 Å². The Morgan fingerprint density at radius 2 is 1.37 bits per heavy atom. The van der Waals surface area contributed by atoms with Gasteiger partial charge in [0.1, 0.15) is 24.2 Å². The van der Waals surface area contributed by atoms with E-state index >= 15 is 0 Å². The van der Waals surface area contributed by atoms with Crippen molar-refractivity contribution in [3.8, 4) is 0 Å². The van der Waals surface area contributed by atoms with Crippen LogP contribution < -0.4 is 43.8 Å². The minimum atomic E-state index is -1.55. The van der Waals surface area contributed by atoms with E-state index in [4.69, 9.17) is 17.2 Å². The number of nitrogens with two attached hydrogens (primary N) is 3. The number of guanidine groups is 1. The molecule has 0 radical (unpaired) electrons. The molecule has 1 aliphatic heterocycles. The standard InChI is InChI=1S/C27H41N9O7/c28-11-5-4-9-18-24(41)34-17(10-6-12-31-27(29)30)23(40)32-15-21(37)33-20(14-22(38)39)26(43)36-19(25(42)35-18)13-16-7-2-1-3-8-16/h1-3,7-8,17-20H,4-6,9-15,28H2,(H,32,40)(H,33,37)(H,34,41)(H,35,42)(H,36,43)(H,38,39)(H4,29,30,31)/t17?,18?,19-,20+/m1/s1. The zero-order valence-electron chi connectivity index (χ0n) is 23.8. The largest absolute Gasteiger partial charge is 0.481 e. The summed E-state index contributed by atoms with van der Waals surface area (Å²) in [7, 11) is 0. The second-order valence-corrected chi connectivity index (χ2v) is 10.0. The van der Waals surface area contributed by atoms with Crippen LogP contribution in [0.2, 0.25) is 0 Å². The highest BCUT2D eigenvalue weighted by Gasteiger charge is 2.33. The van der Waals surface area contributed by atoms with E-state index in [1.54, 1.807) is 30.3 Å². The summed E-state index contributed by atoms with van der Waals surface area (Å²) in [5.41, 5.74) is 17.0. The highest BCUT2D eigenvalue weighted by molar-refractivity contribution is 5.98. The number of carboxylic acid groups (broad SMARTS) is 1. The van der Waals surface area contributed by atoms with Gasteiger partial charge in [0.05, 0.1) is 13.0 Å². The summed E-state index contributed by atoms with van der Waals surface area (Å²) in [4.78, 5) is 81.1. The molecule has 1 saturated heterocycles. The van der Waals surface area contributed by atoms with Gasteiger partial charge in [-0.3, -0.25) is 33.8 Å². The summed E-state index contributed by atoms with van der Waals surface area (Å²) in [5, 5.41) is 21.9. The Bertz CT molecular complexity index is 1160. The predicted octanol–water partition coefficient (Wildman–Crippen LogP) is -3.04. The highest BCUT2D eigenvalue weighted by Crippen LogP contribution is 2.09. The van der Waals surface area contributed by atoms with Gasteiger partial charge in [-0.1, -0.05) is 30.3 Å². The molecule has 4 atom stereocenters. The lowest BCUT2D eigenvalue weighted by atomic mass is 10.0. The number of hydrogen-bond acceptors (Lipinski definition) is 8. The van der Waals surface area contributed by atoms with Gasteiger partial charge in [-0.05, 0) is 44.2 Å². The molecular weight excluding hydrogens is 562 g/mol. The molecule has 0 spiro atoms. The highest BCUT2D eigenvalue weighted by atomic mass is 16.4. The number of carboxylic acids is 1. The van der Waals surface area contributed by atoms with Crippen LogP contribution in [0, 0.1) is 0 Å². The molecule has 0 saturated carbocycles. The zero-order chi connectivity index (χ0) is 31.8. The average molecular weight is 604 g/mol. The first kappa shape index (κ1) is 34.5. The maximum Gasteiger partial charge on any atom is 0.305 e. The summed E-state index contributed by atoms with van der Waals surface area (Å²) >= 11 is 0. The van der Waals surface area contributed by atoms with Gasteiger partial charge in [0.15, 0.2) is 5.96 Å². The molecule has 236 valence electrons. The quantitative estimate of drug-likeness (QED) is 0.0661. The molecule has 2 unspecified atom stereocenters. The molecule has 1 fully saturated rings. The van der Waals surface area contributed by atoms with Crippen molar-refractivity contribution in [3.63, 3.8) is 0 Å². The maximum absolute atomic E-state index is 13.6. The second kappa shape index (κ2) is 17.9. The van der Waals surface area contributed by atoms with Crippen molar-refractivity contribution in [3.05, 3.63) is 35.9 Å². The monoisotopic (exact) mass is 603 g/mol. The van der Waals surface area contributed by atoms with Crippen LogP contribution in [0.1, 0.15) is 44.1 Å². The minimum Gasteiger partial charge on any atom is -0.481 e. The number of aliphatic carboxylic acids is 1. The van der Waals surface area contributed by atoms with Crippen molar-refractivity contribution in [1.82, 2.24) is 26.6 Å². The number of nitrogens with one attached hydrogen (secondary N) is 5. The average Bonchev–Trinajstić information content (AvgIpc) is 2.95. The first-order valence-corrected chi connectivity index (χ1v) is 14.0. The van der Waals surface area contributed by atoms with Crippen molar-refractivity contribution in [2.24, 2.45) is 22.2 Å². The van der Waals surface area contributed by atoms with Crippen LogP contribution in [0.4, 0.5) is 0 Å². The lowest BCUT2D eigenvalue weighted by molar-refractivity contribution is -0.141. The Hall–Kier alpha value is -4.73. The summed E-state index contributed by atoms with van der Waals surface area (Å²) in [6, 6.07) is 3.75. The van der Waals surface area contributed by atoms with Crippen LogP contribution in [0.5, 0.6) is 0 Å². The molecule has 12 N–H and O–H groups in total. The van der Waals surface area contributed by atoms with Gasteiger partial charge in [0.25, 0.3) is 0 Å². The van der Waals surface area contributed by atoms with E-state index < -0.39 is 72.6 Å². The van der Waals surface area contributed by atoms with E-state index in [1.165, 1.54) is 0 Å². The third kappa shape index (κ3) is 12.8. The second-order valence-electron chi connectivity index (χ2n) is 10.0. The summed E-state index contributed by atoms with van der Waals surface area (Å²) in [6.45, 7) is -0.0746. The topological polar surface area (TPSA) is 273 Å². The molecule has 2 rings (SSSR count). The first-order valence-electron chi connectivity index (χ1n) is 14.0. The minimum absolute atomic E-state index is 0.0107. The van der Waals surface area contributed by atoms with Crippen LogP contribution >= 0.6 is 0 Å². The fourth-order valence-corrected chi connectivity index (χ4v) is 4.33. The number of rotatable bonds is 12. The van der Waals surface area contributed by atoms with Gasteiger partial charge in [-0.2, -0.15) is 0 Å². The van der Waals surface area contributed by atoms with E-state index in [0.717, 1.165) is 0 Å². The number of hydrogen-bond donors (Lipinski definition) is 9. The maximum atomic E-state index is 13.6. The van der Waals surface area contributed by atoms with Gasteiger partial charge in [-0.15, -0.1) is 0 Å². The Kier molecular flexibility index (Phi) is 14.4. The Morgan fingerprint density at radius 1 is 0.791 bits per heavy atom. The van der Waals surface area contributed by atoms with Gasteiger partial charge in [-0.25, -0.2) is 0 Å². The summed E-state index contributed by atoms with van der Waals surface area (Å²) in [5.74, 6) is -5.36. The van der Waals surface area contributed by atoms with E-state index in [9.17, 15) is 33.9 Å². The van der Waals surface area contributed by atoms with Gasteiger partial charge in [0.2, 0.25) is 29.5 Å². The number of benzene rings is 1. The normalized spacial score (nSPS) is 22.0. The third-order valence-electron chi connectivity index (χ3n) is 6.53. The van der Waals surface area contributed by atoms with Crippen LogP contribution in [-0.4, -0.2) is 90.4 Å². The van der Waals surface area contributed by atoms with Gasteiger partial charge in [0, 0.05) is 13.0 Å². The molecule has 0 bridgehead atoms. The van der Waals surface area contributed by atoms with Crippen LogP contribution in [0.15, 0.2) is 35.3 Å². The number of carbonyl (C=O) groups is 6. The van der Waals surface area contributed by atoms with Crippen molar-refractivity contribution in [2.75, 3.05) is 19.6 Å². The molecule has 43 heavy (non-hydrogen) atoms.